The number of rotatable bonds is 0. The van der Waals surface area contributed by atoms with Crippen molar-refractivity contribution in [3.63, 3.8) is 0 Å². The third kappa shape index (κ3) is 2.41. The molecule has 0 aliphatic carbocycles. The zero-order valence-corrected chi connectivity index (χ0v) is 12.1. The Kier molecular flexibility index (Phi) is 3.19. The number of imide groups is 1. The van der Waals surface area contributed by atoms with Crippen LogP contribution in [-0.4, -0.2) is 22.5 Å². The molecule has 5 heteroatoms. The third-order valence-corrected chi connectivity index (χ3v) is 3.16. The molecule has 2 rings (SSSR count). The van der Waals surface area contributed by atoms with Crippen LogP contribution in [0, 0.1) is 0 Å². The molecule has 1 aromatic rings. The second-order valence-electron chi connectivity index (χ2n) is 5.15. The van der Waals surface area contributed by atoms with Crippen molar-refractivity contribution in [2.24, 2.45) is 0 Å². The molecule has 0 atom stereocenters. The fourth-order valence-electron chi connectivity index (χ4n) is 1.78. The van der Waals surface area contributed by atoms with Gasteiger partial charge >= 0.3 is 6.09 Å². The Morgan fingerprint density at radius 2 is 2.06 bits per heavy atom. The number of carbonyl (C=O) groups excluding carboxylic acids is 2. The average Bonchev–Trinajstić information content (AvgIpc) is 2.55. The van der Waals surface area contributed by atoms with Crippen LogP contribution < -0.4 is 0 Å². The number of hydrogen-bond donors (Lipinski definition) is 0. The van der Waals surface area contributed by atoms with Gasteiger partial charge < -0.3 is 4.74 Å². The topological polar surface area (TPSA) is 46.6 Å². The van der Waals surface area contributed by atoms with E-state index in [0.29, 0.717) is 10.0 Å². The van der Waals surface area contributed by atoms with Crippen LogP contribution in [0.1, 0.15) is 36.7 Å². The van der Waals surface area contributed by atoms with E-state index in [9.17, 15) is 9.59 Å². The zero-order valence-electron chi connectivity index (χ0n) is 10.5. The Labute approximate surface area is 114 Å². The van der Waals surface area contributed by atoms with Crippen LogP contribution in [0.2, 0.25) is 0 Å². The molecule has 0 unspecified atom stereocenters. The number of amides is 2. The standard InChI is InChI=1S/C13H14BrNO3/c1-13(2,3)18-12(17)15-7-8-5-4-6-9(14)10(8)11(15)16/h4-6H,7H2,1-3H3. The van der Waals surface area contributed by atoms with E-state index in [0.717, 1.165) is 10.5 Å². The summed E-state index contributed by atoms with van der Waals surface area (Å²) in [6, 6.07) is 5.46. The first-order valence-electron chi connectivity index (χ1n) is 5.62. The Morgan fingerprint density at radius 3 is 2.61 bits per heavy atom. The van der Waals surface area contributed by atoms with Crippen molar-refractivity contribution in [1.29, 1.82) is 0 Å². The maximum atomic E-state index is 12.1. The average molecular weight is 312 g/mol. The first-order valence-corrected chi connectivity index (χ1v) is 6.41. The van der Waals surface area contributed by atoms with E-state index in [2.05, 4.69) is 15.9 Å². The van der Waals surface area contributed by atoms with Crippen LogP contribution >= 0.6 is 15.9 Å². The molecule has 0 N–H and O–H groups in total. The van der Waals surface area contributed by atoms with Crippen LogP contribution in [0.15, 0.2) is 22.7 Å². The van der Waals surface area contributed by atoms with Crippen molar-refractivity contribution in [2.45, 2.75) is 32.9 Å². The molecule has 0 saturated carbocycles. The highest BCUT2D eigenvalue weighted by atomic mass is 79.9. The lowest BCUT2D eigenvalue weighted by Gasteiger charge is -2.23. The minimum absolute atomic E-state index is 0.266. The predicted molar refractivity (Wildman–Crippen MR) is 70.2 cm³/mol. The minimum Gasteiger partial charge on any atom is -0.443 e. The Morgan fingerprint density at radius 1 is 1.39 bits per heavy atom. The van der Waals surface area contributed by atoms with Crippen LogP contribution in [-0.2, 0) is 11.3 Å². The normalized spacial score (nSPS) is 14.7. The summed E-state index contributed by atoms with van der Waals surface area (Å²) >= 11 is 3.33. The molecule has 1 heterocycles. The number of carbonyl (C=O) groups is 2. The highest BCUT2D eigenvalue weighted by molar-refractivity contribution is 9.10. The first kappa shape index (κ1) is 13.1. The summed E-state index contributed by atoms with van der Waals surface area (Å²) in [5.74, 6) is -0.313. The van der Waals surface area contributed by atoms with E-state index in [4.69, 9.17) is 4.74 Å². The van der Waals surface area contributed by atoms with Gasteiger partial charge in [-0.2, -0.15) is 0 Å². The quantitative estimate of drug-likeness (QED) is 0.738. The maximum Gasteiger partial charge on any atom is 0.417 e. The number of fused-ring (bicyclic) bond motifs is 1. The van der Waals surface area contributed by atoms with Crippen LogP contribution in [0.5, 0.6) is 0 Å². The van der Waals surface area contributed by atoms with E-state index in [-0.39, 0.29) is 12.5 Å². The van der Waals surface area contributed by atoms with E-state index < -0.39 is 11.7 Å². The van der Waals surface area contributed by atoms with Gasteiger partial charge in [0.2, 0.25) is 0 Å². The smallest absolute Gasteiger partial charge is 0.417 e. The second kappa shape index (κ2) is 4.39. The minimum atomic E-state index is -0.608. The summed E-state index contributed by atoms with van der Waals surface area (Å²) in [4.78, 5) is 25.2. The van der Waals surface area contributed by atoms with Crippen molar-refractivity contribution in [3.8, 4) is 0 Å². The number of nitrogens with zero attached hydrogens (tertiary/aromatic N) is 1. The van der Waals surface area contributed by atoms with Gasteiger partial charge in [0.1, 0.15) is 5.60 Å². The number of halogens is 1. The summed E-state index contributed by atoms with van der Waals surface area (Å²) in [6.45, 7) is 5.58. The van der Waals surface area contributed by atoms with Crippen molar-refractivity contribution in [3.05, 3.63) is 33.8 Å². The SMILES string of the molecule is CC(C)(C)OC(=O)N1Cc2cccc(Br)c2C1=O. The lowest BCUT2D eigenvalue weighted by atomic mass is 10.1. The van der Waals surface area contributed by atoms with Gasteiger partial charge in [-0.1, -0.05) is 12.1 Å². The van der Waals surface area contributed by atoms with Crippen LogP contribution in [0.4, 0.5) is 4.79 Å². The molecule has 96 valence electrons. The molecule has 0 spiro atoms. The Balaban J connectivity index is 2.25. The highest BCUT2D eigenvalue weighted by Crippen LogP contribution is 2.30. The first-order chi connectivity index (χ1) is 8.29. The van der Waals surface area contributed by atoms with E-state index in [1.54, 1.807) is 26.8 Å². The molecule has 2 amide bonds. The van der Waals surface area contributed by atoms with E-state index >= 15 is 0 Å². The van der Waals surface area contributed by atoms with Crippen molar-refractivity contribution >= 4 is 27.9 Å². The van der Waals surface area contributed by atoms with E-state index in [1.165, 1.54) is 0 Å². The van der Waals surface area contributed by atoms with Gasteiger partial charge in [0.25, 0.3) is 5.91 Å². The van der Waals surface area contributed by atoms with Crippen LogP contribution in [0.3, 0.4) is 0 Å². The number of benzene rings is 1. The van der Waals surface area contributed by atoms with Crippen molar-refractivity contribution < 1.29 is 14.3 Å². The highest BCUT2D eigenvalue weighted by Gasteiger charge is 2.36. The van der Waals surface area contributed by atoms with Gasteiger partial charge in [-0.15, -0.1) is 0 Å². The summed E-state index contributed by atoms with van der Waals surface area (Å²) in [5.41, 5.74) is 0.771. The summed E-state index contributed by atoms with van der Waals surface area (Å²) in [7, 11) is 0. The number of ether oxygens (including phenoxy) is 1. The lowest BCUT2D eigenvalue weighted by Crippen LogP contribution is -2.36. The van der Waals surface area contributed by atoms with Gasteiger partial charge in [0.05, 0.1) is 12.1 Å². The summed E-state index contributed by atoms with van der Waals surface area (Å²) < 4.78 is 5.92. The van der Waals surface area contributed by atoms with Gasteiger partial charge in [-0.05, 0) is 48.3 Å². The third-order valence-electron chi connectivity index (χ3n) is 2.50. The maximum absolute atomic E-state index is 12.1. The monoisotopic (exact) mass is 311 g/mol. The predicted octanol–water partition coefficient (Wildman–Crippen LogP) is 3.34. The Hall–Kier alpha value is -1.36. The molecule has 0 radical (unpaired) electrons. The molecule has 1 aromatic carbocycles. The molecule has 0 fully saturated rings. The Bertz CT molecular complexity index is 519. The fourth-order valence-corrected chi connectivity index (χ4v) is 2.36. The molecule has 18 heavy (non-hydrogen) atoms. The summed E-state index contributed by atoms with van der Waals surface area (Å²) in [5, 5.41) is 0. The van der Waals surface area contributed by atoms with Crippen molar-refractivity contribution in [2.75, 3.05) is 0 Å². The largest absolute Gasteiger partial charge is 0.443 e. The molecule has 0 saturated heterocycles. The molecule has 0 aromatic heterocycles. The van der Waals surface area contributed by atoms with Gasteiger partial charge in [-0.3, -0.25) is 4.79 Å². The molecule has 0 bridgehead atoms. The summed E-state index contributed by atoms with van der Waals surface area (Å²) in [6.07, 6.45) is -0.601. The zero-order chi connectivity index (χ0) is 13.5. The van der Waals surface area contributed by atoms with Crippen LogP contribution in [0.25, 0.3) is 0 Å². The molecule has 1 aliphatic heterocycles. The van der Waals surface area contributed by atoms with Crippen molar-refractivity contribution in [1.82, 2.24) is 4.90 Å². The fraction of sp³-hybridized carbons (Fsp3) is 0.385. The molecular weight excluding hydrogens is 298 g/mol. The lowest BCUT2D eigenvalue weighted by molar-refractivity contribution is 0.0248. The number of hydrogen-bond acceptors (Lipinski definition) is 3. The van der Waals surface area contributed by atoms with Gasteiger partial charge in [0.15, 0.2) is 0 Å². The molecule has 4 nitrogen and oxygen atoms in total. The van der Waals surface area contributed by atoms with Gasteiger partial charge in [0, 0.05) is 4.47 Å². The van der Waals surface area contributed by atoms with Gasteiger partial charge in [-0.25, -0.2) is 9.69 Å². The second-order valence-corrected chi connectivity index (χ2v) is 6.00. The molecule has 1 aliphatic rings. The molecular formula is C13H14BrNO3. The van der Waals surface area contributed by atoms with E-state index in [1.807, 2.05) is 12.1 Å².